The average molecular weight is 395 g/mol. The summed E-state index contributed by atoms with van der Waals surface area (Å²) in [6, 6.07) is 5.76. The van der Waals surface area contributed by atoms with Crippen molar-refractivity contribution < 1.29 is 8.42 Å². The molecular formula is C18H30N6O2S. The number of rotatable bonds is 5. The van der Waals surface area contributed by atoms with Gasteiger partial charge < -0.3 is 15.5 Å². The van der Waals surface area contributed by atoms with Crippen molar-refractivity contribution in [1.29, 1.82) is 0 Å². The van der Waals surface area contributed by atoms with Crippen LogP contribution < -0.4 is 10.6 Å². The van der Waals surface area contributed by atoms with Crippen LogP contribution >= 0.6 is 0 Å². The smallest absolute Gasteiger partial charge is 0.216 e. The molecule has 8 nitrogen and oxygen atoms in total. The molecule has 0 unspecified atom stereocenters. The highest BCUT2D eigenvalue weighted by Gasteiger charge is 2.27. The van der Waals surface area contributed by atoms with Gasteiger partial charge >= 0.3 is 0 Å². The number of sulfonamides is 1. The predicted octanol–water partition coefficient (Wildman–Crippen LogP) is 0.580. The zero-order chi connectivity index (χ0) is 19.3. The van der Waals surface area contributed by atoms with Gasteiger partial charge in [-0.1, -0.05) is 13.0 Å². The van der Waals surface area contributed by atoms with Crippen molar-refractivity contribution in [3.05, 3.63) is 24.4 Å². The van der Waals surface area contributed by atoms with Crippen LogP contribution in [0.4, 0.5) is 5.82 Å². The Kier molecular flexibility index (Phi) is 6.54. The van der Waals surface area contributed by atoms with Gasteiger partial charge in [-0.25, -0.2) is 13.4 Å². The highest BCUT2D eigenvalue weighted by atomic mass is 32.2. The number of anilines is 1. The summed E-state index contributed by atoms with van der Waals surface area (Å²) < 4.78 is 26.8. The van der Waals surface area contributed by atoms with Crippen LogP contribution in [0.5, 0.6) is 0 Å². The van der Waals surface area contributed by atoms with Gasteiger partial charge in [0.15, 0.2) is 5.96 Å². The quantitative estimate of drug-likeness (QED) is 0.580. The second-order valence-corrected chi connectivity index (χ2v) is 9.39. The van der Waals surface area contributed by atoms with Crippen LogP contribution in [0.1, 0.15) is 19.8 Å². The number of hydrogen-bond donors (Lipinski definition) is 1. The van der Waals surface area contributed by atoms with Gasteiger partial charge in [0.2, 0.25) is 10.0 Å². The molecule has 150 valence electrons. The molecule has 0 aliphatic carbocycles. The first-order chi connectivity index (χ1) is 13.0. The highest BCUT2D eigenvalue weighted by molar-refractivity contribution is 7.89. The molecule has 2 N–H and O–H groups in total. The van der Waals surface area contributed by atoms with E-state index in [9.17, 15) is 8.42 Å². The molecule has 1 aromatic heterocycles. The first kappa shape index (κ1) is 19.9. The van der Waals surface area contributed by atoms with Crippen LogP contribution in [0.3, 0.4) is 0 Å². The van der Waals surface area contributed by atoms with E-state index in [0.29, 0.717) is 32.1 Å². The number of pyridine rings is 1. The van der Waals surface area contributed by atoms with Gasteiger partial charge in [-0.2, -0.15) is 4.31 Å². The normalized spacial score (nSPS) is 20.9. The van der Waals surface area contributed by atoms with Crippen molar-refractivity contribution >= 4 is 21.8 Å². The molecule has 0 spiro atoms. The Hall–Kier alpha value is -1.87. The topological polar surface area (TPSA) is 95.1 Å². The molecule has 0 radical (unpaired) electrons. The third kappa shape index (κ3) is 5.32. The molecule has 0 saturated carbocycles. The maximum atomic E-state index is 12.6. The number of nitrogens with zero attached hydrogens (tertiary/aromatic N) is 5. The fourth-order valence-electron chi connectivity index (χ4n) is 3.48. The fraction of sp³-hybridized carbons (Fsp3) is 0.667. The maximum absolute atomic E-state index is 12.6. The van der Waals surface area contributed by atoms with E-state index in [1.165, 1.54) is 0 Å². The number of aromatic nitrogens is 1. The van der Waals surface area contributed by atoms with E-state index in [1.807, 2.05) is 18.2 Å². The summed E-state index contributed by atoms with van der Waals surface area (Å²) in [6.45, 7) is 6.49. The summed E-state index contributed by atoms with van der Waals surface area (Å²) in [4.78, 5) is 12.8. The van der Waals surface area contributed by atoms with E-state index in [-0.39, 0.29) is 12.3 Å². The minimum atomic E-state index is -3.32. The first-order valence-electron chi connectivity index (χ1n) is 9.64. The van der Waals surface area contributed by atoms with Gasteiger partial charge in [-0.3, -0.25) is 4.99 Å². The van der Waals surface area contributed by atoms with E-state index in [1.54, 1.807) is 10.5 Å². The van der Waals surface area contributed by atoms with Crippen LogP contribution in [0.2, 0.25) is 0 Å². The highest BCUT2D eigenvalue weighted by Crippen LogP contribution is 2.16. The fourth-order valence-corrected chi connectivity index (χ4v) is 4.78. The standard InChI is InChI=1S/C18H30N6O2S/c1-16-5-9-23(10-6-16)18(19)21-8-15-27(25,26)24-13-11-22(12-14-24)17-4-2-3-7-20-17/h2-4,7,16H,5-6,8-15H2,1H3,(H2,19,21). The minimum Gasteiger partial charge on any atom is -0.370 e. The number of piperidine rings is 1. The Labute approximate surface area is 162 Å². The zero-order valence-electron chi connectivity index (χ0n) is 16.0. The molecule has 0 aromatic carbocycles. The van der Waals surface area contributed by atoms with Gasteiger partial charge in [-0.15, -0.1) is 0 Å². The number of nitrogens with two attached hydrogens (primary N) is 1. The van der Waals surface area contributed by atoms with Crippen molar-refractivity contribution in [2.24, 2.45) is 16.6 Å². The predicted molar refractivity (Wildman–Crippen MR) is 108 cm³/mol. The Bertz CT molecular complexity index is 723. The van der Waals surface area contributed by atoms with Crippen LogP contribution in [0.25, 0.3) is 0 Å². The summed E-state index contributed by atoms with van der Waals surface area (Å²) in [5.41, 5.74) is 6.04. The van der Waals surface area contributed by atoms with Crippen molar-refractivity contribution in [3.63, 3.8) is 0 Å². The third-order valence-corrected chi connectivity index (χ3v) is 7.19. The average Bonchev–Trinajstić information content (AvgIpc) is 2.69. The summed E-state index contributed by atoms with van der Waals surface area (Å²) in [5, 5.41) is 0. The molecule has 2 aliphatic rings. The van der Waals surface area contributed by atoms with Crippen LogP contribution in [-0.4, -0.2) is 80.1 Å². The summed E-state index contributed by atoms with van der Waals surface area (Å²) in [6.07, 6.45) is 3.97. The number of piperazine rings is 1. The molecule has 9 heteroatoms. The van der Waals surface area contributed by atoms with Crippen LogP contribution in [0, 0.1) is 5.92 Å². The van der Waals surface area contributed by atoms with Crippen LogP contribution in [0.15, 0.2) is 29.4 Å². The molecule has 2 fully saturated rings. The lowest BCUT2D eigenvalue weighted by Gasteiger charge is -2.34. The van der Waals surface area contributed by atoms with Gasteiger partial charge in [-0.05, 0) is 30.9 Å². The Morgan fingerprint density at radius 2 is 1.89 bits per heavy atom. The lowest BCUT2D eigenvalue weighted by Crippen LogP contribution is -2.49. The number of likely N-dealkylation sites (tertiary alicyclic amines) is 1. The number of guanidine groups is 1. The van der Waals surface area contributed by atoms with E-state index < -0.39 is 10.0 Å². The summed E-state index contributed by atoms with van der Waals surface area (Å²) >= 11 is 0. The SMILES string of the molecule is CC1CCN(C(N)=NCCS(=O)(=O)N2CCN(c3ccccn3)CC2)CC1. The molecule has 0 atom stereocenters. The van der Waals surface area contributed by atoms with Gasteiger partial charge in [0.1, 0.15) is 5.82 Å². The summed E-state index contributed by atoms with van der Waals surface area (Å²) in [7, 11) is -3.32. The molecule has 1 aromatic rings. The number of hydrogen-bond acceptors (Lipinski definition) is 5. The molecule has 3 heterocycles. The van der Waals surface area contributed by atoms with E-state index >= 15 is 0 Å². The van der Waals surface area contributed by atoms with Gasteiger partial charge in [0.05, 0.1) is 12.3 Å². The summed E-state index contributed by atoms with van der Waals surface area (Å²) in [5.74, 6) is 2.08. The molecule has 0 amide bonds. The largest absolute Gasteiger partial charge is 0.370 e. The Morgan fingerprint density at radius 1 is 1.19 bits per heavy atom. The van der Waals surface area contributed by atoms with E-state index in [0.717, 1.165) is 37.7 Å². The lowest BCUT2D eigenvalue weighted by molar-refractivity contribution is 0.278. The Balaban J connectivity index is 1.47. The maximum Gasteiger partial charge on any atom is 0.216 e. The van der Waals surface area contributed by atoms with Crippen molar-refractivity contribution in [3.8, 4) is 0 Å². The van der Waals surface area contributed by atoms with Crippen molar-refractivity contribution in [2.45, 2.75) is 19.8 Å². The molecule has 2 aliphatic heterocycles. The molecule has 3 rings (SSSR count). The second-order valence-electron chi connectivity index (χ2n) is 7.30. The lowest BCUT2D eigenvalue weighted by atomic mass is 10.00. The molecule has 0 bridgehead atoms. The third-order valence-electron chi connectivity index (χ3n) is 5.34. The second kappa shape index (κ2) is 8.88. The van der Waals surface area contributed by atoms with E-state index in [2.05, 4.69) is 26.7 Å². The van der Waals surface area contributed by atoms with Crippen LogP contribution in [-0.2, 0) is 10.0 Å². The van der Waals surface area contributed by atoms with Gasteiger partial charge in [0.25, 0.3) is 0 Å². The minimum absolute atomic E-state index is 0.00152. The molecular weight excluding hydrogens is 364 g/mol. The Morgan fingerprint density at radius 3 is 2.52 bits per heavy atom. The monoisotopic (exact) mass is 394 g/mol. The number of aliphatic imine (C=N–C) groups is 1. The van der Waals surface area contributed by atoms with E-state index in [4.69, 9.17) is 5.73 Å². The van der Waals surface area contributed by atoms with Crippen molar-refractivity contribution in [2.75, 3.05) is 56.5 Å². The van der Waals surface area contributed by atoms with Crippen molar-refractivity contribution in [1.82, 2.24) is 14.2 Å². The molecule has 2 saturated heterocycles. The molecule has 27 heavy (non-hydrogen) atoms. The zero-order valence-corrected chi connectivity index (χ0v) is 16.8. The van der Waals surface area contributed by atoms with Gasteiger partial charge in [0, 0.05) is 45.5 Å². The first-order valence-corrected chi connectivity index (χ1v) is 11.3.